The summed E-state index contributed by atoms with van der Waals surface area (Å²) in [5.41, 5.74) is 0.713. The average Bonchev–Trinajstić information content (AvgIpc) is 2.59. The maximum absolute atomic E-state index is 14.1. The van der Waals surface area contributed by atoms with Gasteiger partial charge in [0.05, 0.1) is 12.1 Å². The second-order valence-corrected chi connectivity index (χ2v) is 5.70. The highest BCUT2D eigenvalue weighted by Crippen LogP contribution is 2.24. The van der Waals surface area contributed by atoms with Gasteiger partial charge >= 0.3 is 5.92 Å². The van der Waals surface area contributed by atoms with E-state index in [9.17, 15) is 23.5 Å². The number of benzene rings is 1. The number of aliphatic hydroxyl groups excluding tert-OH is 1. The second kappa shape index (κ2) is 9.66. The van der Waals surface area contributed by atoms with E-state index in [0.29, 0.717) is 18.3 Å². The highest BCUT2D eigenvalue weighted by atomic mass is 35.5. The number of amides is 1. The summed E-state index contributed by atoms with van der Waals surface area (Å²) in [6.45, 7) is 1.73. The van der Waals surface area contributed by atoms with Gasteiger partial charge in [0.15, 0.2) is 0 Å². The minimum atomic E-state index is -4.08. The van der Waals surface area contributed by atoms with Crippen LogP contribution in [0.15, 0.2) is 30.3 Å². The van der Waals surface area contributed by atoms with Crippen LogP contribution in [0.25, 0.3) is 0 Å². The largest absolute Gasteiger partial charge is 0.385 e. The van der Waals surface area contributed by atoms with E-state index in [1.165, 1.54) is 0 Å². The number of carbonyl (C=O) groups excluding carboxylic acids is 2. The molecule has 8 heteroatoms. The van der Waals surface area contributed by atoms with Gasteiger partial charge in [0.1, 0.15) is 12.4 Å². The highest BCUT2D eigenvalue weighted by molar-refractivity contribution is 6.13. The summed E-state index contributed by atoms with van der Waals surface area (Å²) in [7, 11) is 0. The Labute approximate surface area is 144 Å². The molecule has 0 spiro atoms. The van der Waals surface area contributed by atoms with Gasteiger partial charge in [0.2, 0.25) is 0 Å². The summed E-state index contributed by atoms with van der Waals surface area (Å²) in [5, 5.41) is 11.7. The standard InChI is InChI=1S/C16H21ClF2N2O3/c1-2-6-13(21-17)14(23)16(18,19)15(24)20-12(10-22)9-11-7-4-3-5-8-11/h3-5,7-8,10,12-14,21,23H,2,6,9H2,1H3,(H,20,24)/t12-,13-,14?/m0/s1. The van der Waals surface area contributed by atoms with Gasteiger partial charge in [-0.3, -0.25) is 4.79 Å². The molecular formula is C16H21ClF2N2O3. The number of hydrogen-bond acceptors (Lipinski definition) is 4. The fourth-order valence-electron chi connectivity index (χ4n) is 2.24. The molecule has 0 aliphatic carbocycles. The lowest BCUT2D eigenvalue weighted by Crippen LogP contribution is -2.57. The van der Waals surface area contributed by atoms with Gasteiger partial charge in [-0.1, -0.05) is 43.7 Å². The first-order valence-electron chi connectivity index (χ1n) is 7.59. The van der Waals surface area contributed by atoms with Crippen LogP contribution in [-0.4, -0.2) is 41.4 Å². The molecule has 1 amide bonds. The molecule has 0 saturated carbocycles. The minimum Gasteiger partial charge on any atom is -0.385 e. The summed E-state index contributed by atoms with van der Waals surface area (Å²) in [6, 6.07) is 6.40. The van der Waals surface area contributed by atoms with Crippen LogP contribution >= 0.6 is 11.8 Å². The Balaban J connectivity index is 2.76. The molecule has 24 heavy (non-hydrogen) atoms. The molecular weight excluding hydrogens is 342 g/mol. The van der Waals surface area contributed by atoms with Crippen molar-refractivity contribution in [2.75, 3.05) is 0 Å². The summed E-state index contributed by atoms with van der Waals surface area (Å²) in [4.78, 5) is 25.0. The SMILES string of the molecule is CCC[C@H](NCl)C(O)C(F)(F)C(=O)N[C@H](C=O)Cc1ccccc1. The lowest BCUT2D eigenvalue weighted by atomic mass is 10.00. The zero-order valence-electron chi connectivity index (χ0n) is 13.2. The van der Waals surface area contributed by atoms with E-state index in [4.69, 9.17) is 11.8 Å². The Morgan fingerprint density at radius 1 is 1.38 bits per heavy atom. The minimum absolute atomic E-state index is 0.0778. The molecule has 0 aliphatic heterocycles. The number of aliphatic hydroxyl groups is 1. The van der Waals surface area contributed by atoms with E-state index in [-0.39, 0.29) is 12.8 Å². The van der Waals surface area contributed by atoms with Crippen molar-refractivity contribution in [3.8, 4) is 0 Å². The molecule has 0 fully saturated rings. The quantitative estimate of drug-likeness (QED) is 0.438. The molecule has 0 aliphatic rings. The third kappa shape index (κ3) is 5.51. The smallest absolute Gasteiger partial charge is 0.351 e. The van der Waals surface area contributed by atoms with Crippen molar-refractivity contribution < 1.29 is 23.5 Å². The maximum atomic E-state index is 14.1. The van der Waals surface area contributed by atoms with E-state index in [2.05, 4.69) is 4.84 Å². The van der Waals surface area contributed by atoms with Crippen LogP contribution in [0, 0.1) is 0 Å². The van der Waals surface area contributed by atoms with Gasteiger partial charge in [-0.25, -0.2) is 4.84 Å². The molecule has 1 unspecified atom stereocenters. The number of aldehydes is 1. The van der Waals surface area contributed by atoms with Crippen molar-refractivity contribution in [3.63, 3.8) is 0 Å². The van der Waals surface area contributed by atoms with Gasteiger partial charge < -0.3 is 15.2 Å². The van der Waals surface area contributed by atoms with Crippen molar-refractivity contribution in [2.24, 2.45) is 0 Å². The van der Waals surface area contributed by atoms with E-state index < -0.39 is 30.0 Å². The summed E-state index contributed by atoms with van der Waals surface area (Å²) in [5.74, 6) is -5.80. The van der Waals surface area contributed by atoms with Gasteiger partial charge in [0.25, 0.3) is 5.91 Å². The Morgan fingerprint density at radius 3 is 2.50 bits per heavy atom. The summed E-state index contributed by atoms with van der Waals surface area (Å²) < 4.78 is 28.3. The Kier molecular flexibility index (Phi) is 8.24. The van der Waals surface area contributed by atoms with Gasteiger partial charge in [0, 0.05) is 0 Å². The first-order valence-corrected chi connectivity index (χ1v) is 7.96. The predicted molar refractivity (Wildman–Crippen MR) is 86.8 cm³/mol. The number of hydrogen-bond donors (Lipinski definition) is 3. The number of alkyl halides is 2. The number of nitrogens with one attached hydrogen (secondary N) is 2. The predicted octanol–water partition coefficient (Wildman–Crippen LogP) is 1.82. The molecule has 1 aromatic carbocycles. The monoisotopic (exact) mass is 362 g/mol. The molecule has 3 N–H and O–H groups in total. The molecule has 3 atom stereocenters. The zero-order chi connectivity index (χ0) is 18.2. The van der Waals surface area contributed by atoms with Crippen LogP contribution in [0.2, 0.25) is 0 Å². The van der Waals surface area contributed by atoms with Crippen LogP contribution in [0.4, 0.5) is 8.78 Å². The Morgan fingerprint density at radius 2 is 2.00 bits per heavy atom. The normalized spacial score (nSPS) is 15.4. The lowest BCUT2D eigenvalue weighted by molar-refractivity contribution is -0.167. The van der Waals surface area contributed by atoms with Crippen molar-refractivity contribution in [2.45, 2.75) is 50.3 Å². The molecule has 134 valence electrons. The van der Waals surface area contributed by atoms with E-state index >= 15 is 0 Å². The van der Waals surface area contributed by atoms with Crippen LogP contribution in [-0.2, 0) is 16.0 Å². The third-order valence-corrected chi connectivity index (χ3v) is 3.85. The molecule has 1 aromatic rings. The third-order valence-electron chi connectivity index (χ3n) is 3.57. The van der Waals surface area contributed by atoms with Crippen LogP contribution in [0.3, 0.4) is 0 Å². The molecule has 0 bridgehead atoms. The van der Waals surface area contributed by atoms with Gasteiger partial charge in [-0.15, -0.1) is 0 Å². The maximum Gasteiger partial charge on any atom is 0.351 e. The lowest BCUT2D eigenvalue weighted by Gasteiger charge is -2.28. The number of carbonyl (C=O) groups is 2. The van der Waals surface area contributed by atoms with Crippen molar-refractivity contribution in [1.29, 1.82) is 0 Å². The molecule has 5 nitrogen and oxygen atoms in total. The van der Waals surface area contributed by atoms with E-state index in [1.807, 2.05) is 5.32 Å². The molecule has 1 rings (SSSR count). The van der Waals surface area contributed by atoms with Crippen molar-refractivity contribution in [1.82, 2.24) is 10.2 Å². The van der Waals surface area contributed by atoms with Crippen LogP contribution in [0.5, 0.6) is 0 Å². The number of halogens is 3. The average molecular weight is 363 g/mol. The van der Waals surface area contributed by atoms with Crippen LogP contribution in [0.1, 0.15) is 25.3 Å². The zero-order valence-corrected chi connectivity index (χ0v) is 14.0. The van der Waals surface area contributed by atoms with Gasteiger partial charge in [-0.2, -0.15) is 8.78 Å². The molecule has 0 saturated heterocycles. The topological polar surface area (TPSA) is 78.4 Å². The Hall–Kier alpha value is -1.57. The van der Waals surface area contributed by atoms with Crippen molar-refractivity contribution in [3.05, 3.63) is 35.9 Å². The summed E-state index contributed by atoms with van der Waals surface area (Å²) >= 11 is 5.36. The van der Waals surface area contributed by atoms with E-state index in [1.54, 1.807) is 37.3 Å². The fourth-order valence-corrected chi connectivity index (χ4v) is 2.46. The molecule has 0 radical (unpaired) electrons. The second-order valence-electron chi connectivity index (χ2n) is 5.48. The highest BCUT2D eigenvalue weighted by Gasteiger charge is 2.50. The first kappa shape index (κ1) is 20.5. The van der Waals surface area contributed by atoms with E-state index in [0.717, 1.165) is 0 Å². The van der Waals surface area contributed by atoms with Gasteiger partial charge in [-0.05, 0) is 30.2 Å². The van der Waals surface area contributed by atoms with Crippen LogP contribution < -0.4 is 10.2 Å². The summed E-state index contributed by atoms with van der Waals surface area (Å²) in [6.07, 6.45) is -1.19. The number of rotatable bonds is 10. The first-order chi connectivity index (χ1) is 11.4. The van der Waals surface area contributed by atoms with Crippen molar-refractivity contribution >= 4 is 24.0 Å². The Bertz CT molecular complexity index is 531. The molecule has 0 aromatic heterocycles. The fraction of sp³-hybridized carbons (Fsp3) is 0.500. The molecule has 0 heterocycles.